The Kier molecular flexibility index (Phi) is 8.08. The van der Waals surface area contributed by atoms with Crippen LogP contribution >= 0.6 is 0 Å². The van der Waals surface area contributed by atoms with Gasteiger partial charge < -0.3 is 14.5 Å². The molecule has 0 spiro atoms. The van der Waals surface area contributed by atoms with Crippen molar-refractivity contribution in [2.75, 3.05) is 37.7 Å². The Balaban J connectivity index is 1.37. The summed E-state index contributed by atoms with van der Waals surface area (Å²) < 4.78 is 18.7. The fourth-order valence-electron chi connectivity index (χ4n) is 5.29. The molecule has 0 saturated carbocycles. The lowest BCUT2D eigenvalue weighted by atomic mass is 9.78. The normalized spacial score (nSPS) is 20.1. The number of carbonyl (C=O) groups excluding carboxylic acids is 2. The lowest BCUT2D eigenvalue weighted by molar-refractivity contribution is -0.144. The maximum Gasteiger partial charge on any atom is 0.306 e. The van der Waals surface area contributed by atoms with Crippen LogP contribution in [-0.2, 0) is 14.3 Å². The van der Waals surface area contributed by atoms with Gasteiger partial charge in [0.1, 0.15) is 11.6 Å². The second kappa shape index (κ2) is 11.4. The van der Waals surface area contributed by atoms with Crippen molar-refractivity contribution in [2.24, 2.45) is 11.8 Å². The number of benzene rings is 1. The predicted molar refractivity (Wildman–Crippen MR) is 127 cm³/mol. The van der Waals surface area contributed by atoms with Gasteiger partial charge in [0.25, 0.3) is 0 Å². The van der Waals surface area contributed by atoms with Gasteiger partial charge in [-0.25, -0.2) is 9.37 Å². The van der Waals surface area contributed by atoms with Crippen LogP contribution in [0.2, 0.25) is 0 Å². The fraction of sp³-hybridized carbons (Fsp3) is 0.538. The summed E-state index contributed by atoms with van der Waals surface area (Å²) in [5.41, 5.74) is 0.950. The topological polar surface area (TPSA) is 75.6 Å². The lowest BCUT2D eigenvalue weighted by Gasteiger charge is -2.39. The van der Waals surface area contributed by atoms with Gasteiger partial charge in [-0.05, 0) is 62.1 Å². The number of halogens is 1. The Morgan fingerprint density at radius 3 is 2.56 bits per heavy atom. The van der Waals surface area contributed by atoms with Gasteiger partial charge in [-0.1, -0.05) is 12.1 Å². The third-order valence-corrected chi connectivity index (χ3v) is 7.05. The second-order valence-electron chi connectivity index (χ2n) is 9.18. The fourth-order valence-corrected chi connectivity index (χ4v) is 5.29. The Labute approximate surface area is 200 Å². The van der Waals surface area contributed by atoms with E-state index in [1.165, 1.54) is 12.1 Å². The molecule has 0 aliphatic carbocycles. The minimum Gasteiger partial charge on any atom is -0.466 e. The van der Waals surface area contributed by atoms with Gasteiger partial charge in [0.05, 0.1) is 25.1 Å². The van der Waals surface area contributed by atoms with Crippen molar-refractivity contribution >= 4 is 17.7 Å². The Hall–Kier alpha value is -3.03. The van der Waals surface area contributed by atoms with E-state index in [0.717, 1.165) is 43.6 Å². The zero-order valence-electron chi connectivity index (χ0n) is 19.7. The molecule has 0 radical (unpaired) electrons. The molecular formula is C26H33FN4O3. The van der Waals surface area contributed by atoms with Crippen LogP contribution in [-0.4, -0.2) is 59.5 Å². The van der Waals surface area contributed by atoms with E-state index in [4.69, 9.17) is 4.74 Å². The molecule has 182 valence electrons. The highest BCUT2D eigenvalue weighted by atomic mass is 19.1. The van der Waals surface area contributed by atoms with Crippen LogP contribution in [0.15, 0.2) is 42.9 Å². The highest BCUT2D eigenvalue weighted by molar-refractivity contribution is 5.80. The number of piperidine rings is 2. The van der Waals surface area contributed by atoms with Crippen LogP contribution in [0.4, 0.5) is 10.2 Å². The first-order valence-electron chi connectivity index (χ1n) is 12.3. The van der Waals surface area contributed by atoms with Crippen LogP contribution in [0.1, 0.15) is 50.5 Å². The molecule has 2 atom stereocenters. The molecule has 2 saturated heterocycles. The summed E-state index contributed by atoms with van der Waals surface area (Å²) in [5, 5.41) is 0. The van der Waals surface area contributed by atoms with Crippen molar-refractivity contribution < 1.29 is 18.7 Å². The molecule has 2 unspecified atom stereocenters. The van der Waals surface area contributed by atoms with Gasteiger partial charge in [0, 0.05) is 38.6 Å². The SMILES string of the molecule is CCOC(=O)CC(c1ccc(F)cc1)C1CCN(C(=O)C2CCCN(c3cnccn3)C2)CC1. The van der Waals surface area contributed by atoms with Crippen LogP contribution in [0.3, 0.4) is 0 Å². The monoisotopic (exact) mass is 468 g/mol. The third-order valence-electron chi connectivity index (χ3n) is 7.05. The van der Waals surface area contributed by atoms with E-state index in [9.17, 15) is 14.0 Å². The van der Waals surface area contributed by atoms with Gasteiger partial charge in [-0.2, -0.15) is 0 Å². The molecule has 0 N–H and O–H groups in total. The number of carbonyl (C=O) groups is 2. The smallest absolute Gasteiger partial charge is 0.306 e. The summed E-state index contributed by atoms with van der Waals surface area (Å²) >= 11 is 0. The summed E-state index contributed by atoms with van der Waals surface area (Å²) in [6.45, 7) is 5.04. The molecule has 4 rings (SSSR count). The van der Waals surface area contributed by atoms with Crippen molar-refractivity contribution in [3.63, 3.8) is 0 Å². The number of aromatic nitrogens is 2. The number of hydrogen-bond acceptors (Lipinski definition) is 6. The first-order chi connectivity index (χ1) is 16.5. The maximum atomic E-state index is 13.5. The molecule has 34 heavy (non-hydrogen) atoms. The first kappa shape index (κ1) is 24.1. The molecule has 2 aliphatic rings. The summed E-state index contributed by atoms with van der Waals surface area (Å²) in [5.74, 6) is 0.652. The first-order valence-corrected chi connectivity index (χ1v) is 12.3. The van der Waals surface area contributed by atoms with Crippen molar-refractivity contribution in [3.8, 4) is 0 Å². The van der Waals surface area contributed by atoms with Crippen LogP contribution < -0.4 is 4.90 Å². The van der Waals surface area contributed by atoms with Gasteiger partial charge in [0.15, 0.2) is 0 Å². The van der Waals surface area contributed by atoms with E-state index in [1.54, 1.807) is 37.6 Å². The standard InChI is InChI=1S/C26H33FN4O3/c1-2-34-25(32)16-23(19-5-7-22(27)8-6-19)20-9-14-30(15-10-20)26(33)21-4-3-13-31(18-21)24-17-28-11-12-29-24/h5-8,11-12,17,20-21,23H,2-4,9-10,13-16,18H2,1H3. The van der Waals surface area contributed by atoms with Crippen molar-refractivity contribution in [1.82, 2.24) is 14.9 Å². The number of amides is 1. The Morgan fingerprint density at radius 2 is 1.88 bits per heavy atom. The predicted octanol–water partition coefficient (Wildman–Crippen LogP) is 3.81. The minimum absolute atomic E-state index is 0.0419. The molecule has 1 aromatic carbocycles. The number of esters is 1. The van der Waals surface area contributed by atoms with E-state index in [0.29, 0.717) is 26.2 Å². The summed E-state index contributed by atoms with van der Waals surface area (Å²) in [6, 6.07) is 6.41. The van der Waals surface area contributed by atoms with Gasteiger partial charge in [-0.3, -0.25) is 14.6 Å². The number of ether oxygens (including phenoxy) is 1. The summed E-state index contributed by atoms with van der Waals surface area (Å²) in [4.78, 5) is 38.3. The Morgan fingerprint density at radius 1 is 1.12 bits per heavy atom. The molecule has 2 aliphatic heterocycles. The van der Waals surface area contributed by atoms with E-state index in [1.807, 2.05) is 4.90 Å². The number of rotatable bonds is 7. The van der Waals surface area contributed by atoms with Gasteiger partial charge in [-0.15, -0.1) is 0 Å². The van der Waals surface area contributed by atoms with Crippen LogP contribution in [0.5, 0.6) is 0 Å². The minimum atomic E-state index is -0.290. The highest BCUT2D eigenvalue weighted by Gasteiger charge is 2.35. The highest BCUT2D eigenvalue weighted by Crippen LogP contribution is 2.36. The largest absolute Gasteiger partial charge is 0.466 e. The van der Waals surface area contributed by atoms with E-state index < -0.39 is 0 Å². The molecule has 2 aromatic rings. The molecular weight excluding hydrogens is 435 g/mol. The second-order valence-corrected chi connectivity index (χ2v) is 9.18. The number of anilines is 1. The molecule has 3 heterocycles. The molecule has 8 heteroatoms. The molecule has 1 amide bonds. The van der Waals surface area contributed by atoms with E-state index in [2.05, 4.69) is 14.9 Å². The number of nitrogens with zero attached hydrogens (tertiary/aromatic N) is 4. The molecule has 7 nitrogen and oxygen atoms in total. The summed E-state index contributed by atoms with van der Waals surface area (Å²) in [7, 11) is 0. The van der Waals surface area contributed by atoms with Crippen molar-refractivity contribution in [3.05, 3.63) is 54.2 Å². The lowest BCUT2D eigenvalue weighted by Crippen LogP contribution is -2.48. The maximum absolute atomic E-state index is 13.5. The number of hydrogen-bond donors (Lipinski definition) is 0. The van der Waals surface area contributed by atoms with Crippen LogP contribution in [0, 0.1) is 17.7 Å². The van der Waals surface area contributed by atoms with E-state index >= 15 is 0 Å². The zero-order chi connectivity index (χ0) is 23.9. The molecule has 1 aromatic heterocycles. The molecule has 0 bridgehead atoms. The van der Waals surface area contributed by atoms with Crippen molar-refractivity contribution in [2.45, 2.75) is 44.9 Å². The van der Waals surface area contributed by atoms with Gasteiger partial charge >= 0.3 is 5.97 Å². The third kappa shape index (κ3) is 5.90. The molecule has 2 fully saturated rings. The average molecular weight is 469 g/mol. The Bertz CT molecular complexity index is 948. The average Bonchev–Trinajstić information content (AvgIpc) is 2.88. The number of likely N-dealkylation sites (tertiary alicyclic amines) is 1. The zero-order valence-corrected chi connectivity index (χ0v) is 19.7. The van der Waals surface area contributed by atoms with Crippen molar-refractivity contribution in [1.29, 1.82) is 0 Å². The summed E-state index contributed by atoms with van der Waals surface area (Å²) in [6.07, 6.45) is 8.82. The quantitative estimate of drug-likeness (QED) is 0.576. The van der Waals surface area contributed by atoms with Gasteiger partial charge in [0.2, 0.25) is 5.91 Å². The van der Waals surface area contributed by atoms with E-state index in [-0.39, 0.29) is 41.9 Å². The van der Waals surface area contributed by atoms with Crippen LogP contribution in [0.25, 0.3) is 0 Å².